The Morgan fingerprint density at radius 3 is 2.47 bits per heavy atom. The number of carbonyl (C=O) groups excluding carboxylic acids is 2. The first-order valence-corrected chi connectivity index (χ1v) is 5.57. The highest BCUT2D eigenvalue weighted by molar-refractivity contribution is 6.16. The summed E-state index contributed by atoms with van der Waals surface area (Å²) in [6, 6.07) is 4.64. The van der Waals surface area contributed by atoms with Gasteiger partial charge in [0.1, 0.15) is 11.9 Å². The minimum Gasteiger partial charge on any atom is -0.462 e. The number of ether oxygens (including phenoxy) is 1. The summed E-state index contributed by atoms with van der Waals surface area (Å²) in [5.41, 5.74) is 1.46. The Hall–Kier alpha value is -1.55. The van der Waals surface area contributed by atoms with Crippen molar-refractivity contribution >= 4 is 23.8 Å². The van der Waals surface area contributed by atoms with E-state index in [1.807, 2.05) is 6.92 Å². The summed E-state index contributed by atoms with van der Waals surface area (Å²) in [7, 11) is 0. The lowest BCUT2D eigenvalue weighted by Crippen LogP contribution is -2.08. The van der Waals surface area contributed by atoms with Gasteiger partial charge in [0.2, 0.25) is 0 Å². The Labute approximate surface area is 105 Å². The van der Waals surface area contributed by atoms with Gasteiger partial charge in [0.05, 0.1) is 17.7 Å². The second kappa shape index (κ2) is 6.25. The van der Waals surface area contributed by atoms with Crippen LogP contribution in [0.3, 0.4) is 0 Å². The number of carbonyl (C=O) groups is 2. The first-order chi connectivity index (χ1) is 8.13. The molecule has 0 aliphatic rings. The number of benzene rings is 1. The minimum absolute atomic E-state index is 0.311. The lowest BCUT2D eigenvalue weighted by Gasteiger charge is -2.07. The molecule has 5 heteroatoms. The molecule has 4 nitrogen and oxygen atoms in total. The average molecular weight is 257 g/mol. The first-order valence-electron chi connectivity index (χ1n) is 5.27. The topological polar surface area (TPSA) is 52.6 Å². The summed E-state index contributed by atoms with van der Waals surface area (Å²) in [4.78, 5) is 22.8. The Morgan fingerprint density at radius 1 is 1.24 bits per heavy atom. The molecule has 0 aromatic heterocycles. The molecule has 1 rings (SSSR count). The van der Waals surface area contributed by atoms with Gasteiger partial charge in [-0.2, -0.15) is 0 Å². The maximum atomic E-state index is 11.5. The highest BCUT2D eigenvalue weighted by atomic mass is 35.5. The molecule has 17 heavy (non-hydrogen) atoms. The van der Waals surface area contributed by atoms with Crippen LogP contribution in [0.1, 0.15) is 40.1 Å². The SMILES string of the molecule is CCOC(=O)c1ccc(C(=O)OCl)c(CC)c1. The molecule has 0 aliphatic heterocycles. The molecule has 0 fully saturated rings. The number of halogens is 1. The largest absolute Gasteiger partial charge is 0.462 e. The van der Waals surface area contributed by atoms with E-state index in [-0.39, 0.29) is 0 Å². The molecule has 0 saturated heterocycles. The Bertz CT molecular complexity index is 429. The van der Waals surface area contributed by atoms with Crippen LogP contribution < -0.4 is 0 Å². The van der Waals surface area contributed by atoms with E-state index in [0.29, 0.717) is 29.7 Å². The highest BCUT2D eigenvalue weighted by Crippen LogP contribution is 2.15. The maximum Gasteiger partial charge on any atom is 0.356 e. The van der Waals surface area contributed by atoms with E-state index >= 15 is 0 Å². The van der Waals surface area contributed by atoms with Crippen molar-refractivity contribution in [3.63, 3.8) is 0 Å². The lowest BCUT2D eigenvalue weighted by atomic mass is 10.0. The Morgan fingerprint density at radius 2 is 1.94 bits per heavy atom. The number of hydrogen-bond acceptors (Lipinski definition) is 4. The lowest BCUT2D eigenvalue weighted by molar-refractivity contribution is 0.0525. The second-order valence-electron chi connectivity index (χ2n) is 3.31. The quantitative estimate of drug-likeness (QED) is 0.778. The van der Waals surface area contributed by atoms with Crippen LogP contribution in [-0.4, -0.2) is 18.5 Å². The van der Waals surface area contributed by atoms with Gasteiger partial charge in [0.25, 0.3) is 0 Å². The zero-order chi connectivity index (χ0) is 12.8. The standard InChI is InChI=1S/C12H13ClO4/c1-3-8-7-9(11(14)16-4-2)5-6-10(8)12(15)17-13/h5-7H,3-4H2,1-2H3. The number of esters is 1. The molecule has 0 spiro atoms. The Kier molecular flexibility index (Phi) is 4.97. The molecule has 0 saturated carbocycles. The summed E-state index contributed by atoms with van der Waals surface area (Å²) in [6.07, 6.45) is 0.592. The maximum absolute atomic E-state index is 11.5. The fraction of sp³-hybridized carbons (Fsp3) is 0.333. The third-order valence-corrected chi connectivity index (χ3v) is 2.43. The molecular weight excluding hydrogens is 244 g/mol. The van der Waals surface area contributed by atoms with Crippen molar-refractivity contribution in [2.75, 3.05) is 6.61 Å². The van der Waals surface area contributed by atoms with Gasteiger partial charge in [-0.25, -0.2) is 9.59 Å². The fourth-order valence-corrected chi connectivity index (χ4v) is 1.55. The summed E-state index contributed by atoms with van der Waals surface area (Å²) in [5, 5.41) is 0. The predicted molar refractivity (Wildman–Crippen MR) is 63.0 cm³/mol. The van der Waals surface area contributed by atoms with Crippen LogP contribution in [0.2, 0.25) is 0 Å². The molecule has 0 radical (unpaired) electrons. The molecule has 1 aromatic carbocycles. The molecule has 0 amide bonds. The van der Waals surface area contributed by atoms with E-state index in [1.54, 1.807) is 13.0 Å². The van der Waals surface area contributed by atoms with Crippen LogP contribution in [0, 0.1) is 0 Å². The van der Waals surface area contributed by atoms with Gasteiger partial charge >= 0.3 is 11.9 Å². The summed E-state index contributed by atoms with van der Waals surface area (Å²) in [5.74, 6) is -1.04. The van der Waals surface area contributed by atoms with Crippen molar-refractivity contribution in [1.29, 1.82) is 0 Å². The van der Waals surface area contributed by atoms with Gasteiger partial charge in [0.15, 0.2) is 0 Å². The number of aryl methyl sites for hydroxylation is 1. The third kappa shape index (κ3) is 3.20. The minimum atomic E-state index is -0.626. The van der Waals surface area contributed by atoms with E-state index in [1.165, 1.54) is 12.1 Å². The zero-order valence-corrected chi connectivity index (χ0v) is 10.4. The molecule has 92 valence electrons. The fourth-order valence-electron chi connectivity index (χ4n) is 1.47. The van der Waals surface area contributed by atoms with Crippen LogP contribution in [0.4, 0.5) is 0 Å². The molecule has 1 aromatic rings. The average Bonchev–Trinajstić information content (AvgIpc) is 2.37. The van der Waals surface area contributed by atoms with Gasteiger partial charge in [-0.15, -0.1) is 0 Å². The molecule has 0 atom stereocenters. The summed E-state index contributed by atoms with van der Waals surface area (Å²) >= 11 is 5.03. The van der Waals surface area contributed by atoms with Crippen LogP contribution in [0.25, 0.3) is 0 Å². The second-order valence-corrected chi connectivity index (χ2v) is 3.46. The van der Waals surface area contributed by atoms with Gasteiger partial charge in [-0.1, -0.05) is 6.92 Å². The van der Waals surface area contributed by atoms with E-state index in [4.69, 9.17) is 16.6 Å². The summed E-state index contributed by atoms with van der Waals surface area (Å²) in [6.45, 7) is 3.92. The first kappa shape index (κ1) is 13.5. The van der Waals surface area contributed by atoms with E-state index in [9.17, 15) is 9.59 Å². The number of hydrogen-bond donors (Lipinski definition) is 0. The van der Waals surface area contributed by atoms with Crippen molar-refractivity contribution in [1.82, 2.24) is 0 Å². The van der Waals surface area contributed by atoms with Gasteiger partial charge in [0, 0.05) is 0 Å². The van der Waals surface area contributed by atoms with E-state index < -0.39 is 11.9 Å². The van der Waals surface area contributed by atoms with Crippen LogP contribution in [0.5, 0.6) is 0 Å². The van der Waals surface area contributed by atoms with Crippen LogP contribution in [0.15, 0.2) is 18.2 Å². The third-order valence-electron chi connectivity index (χ3n) is 2.29. The molecule has 0 N–H and O–H groups in total. The monoisotopic (exact) mass is 256 g/mol. The van der Waals surface area contributed by atoms with Crippen molar-refractivity contribution < 1.29 is 18.6 Å². The van der Waals surface area contributed by atoms with Crippen molar-refractivity contribution in [3.05, 3.63) is 34.9 Å². The number of rotatable bonds is 4. The normalized spacial score (nSPS) is 9.82. The van der Waals surface area contributed by atoms with Gasteiger partial charge in [-0.3, -0.25) is 0 Å². The van der Waals surface area contributed by atoms with Crippen LogP contribution >= 0.6 is 11.9 Å². The van der Waals surface area contributed by atoms with Gasteiger partial charge < -0.3 is 9.03 Å². The van der Waals surface area contributed by atoms with Crippen molar-refractivity contribution in [3.8, 4) is 0 Å². The molecule has 0 aliphatic carbocycles. The van der Waals surface area contributed by atoms with E-state index in [2.05, 4.69) is 4.29 Å². The smallest absolute Gasteiger partial charge is 0.356 e. The predicted octanol–water partition coefficient (Wildman–Crippen LogP) is 2.74. The zero-order valence-electron chi connectivity index (χ0n) is 9.66. The highest BCUT2D eigenvalue weighted by Gasteiger charge is 2.15. The molecule has 0 bridgehead atoms. The van der Waals surface area contributed by atoms with Crippen molar-refractivity contribution in [2.45, 2.75) is 20.3 Å². The molecular formula is C12H13ClO4. The summed E-state index contributed by atoms with van der Waals surface area (Å²) < 4.78 is 9.02. The van der Waals surface area contributed by atoms with E-state index in [0.717, 1.165) is 0 Å². The Balaban J connectivity index is 3.08. The molecule has 0 heterocycles. The van der Waals surface area contributed by atoms with Crippen LogP contribution in [-0.2, 0) is 15.4 Å². The van der Waals surface area contributed by atoms with Crippen molar-refractivity contribution in [2.24, 2.45) is 0 Å². The molecule has 0 unspecified atom stereocenters. The van der Waals surface area contributed by atoms with Gasteiger partial charge in [-0.05, 0) is 37.1 Å².